The van der Waals surface area contributed by atoms with Crippen LogP contribution in [0, 0.1) is 46.3 Å². The fraction of sp³-hybridized carbons (Fsp3) is 0.829. The molecule has 1 saturated heterocycles. The van der Waals surface area contributed by atoms with E-state index in [9.17, 15) is 0 Å². The highest BCUT2D eigenvalue weighted by atomic mass is 15.4. The van der Waals surface area contributed by atoms with E-state index in [0.717, 1.165) is 47.6 Å². The number of benzene rings is 1. The van der Waals surface area contributed by atoms with Crippen LogP contribution in [0.15, 0.2) is 30.3 Å². The molecule has 0 spiro atoms. The van der Waals surface area contributed by atoms with E-state index in [1.165, 1.54) is 81.5 Å². The van der Waals surface area contributed by atoms with Crippen molar-refractivity contribution in [2.45, 2.75) is 124 Å². The van der Waals surface area contributed by atoms with Crippen LogP contribution in [0.25, 0.3) is 0 Å². The van der Waals surface area contributed by atoms with Crippen LogP contribution >= 0.6 is 0 Å². The lowest BCUT2D eigenvalue weighted by molar-refractivity contribution is -0.954. The first-order chi connectivity index (χ1) is 17.1. The minimum absolute atomic E-state index is 0.544. The highest BCUT2D eigenvalue weighted by Gasteiger charge is 2.64. The first-order valence-corrected chi connectivity index (χ1v) is 15.9. The summed E-state index contributed by atoms with van der Waals surface area (Å²) in [5.74, 6) is 5.74. The second-order valence-corrected chi connectivity index (χ2v) is 15.5. The molecule has 0 amide bonds. The molecular formula is C35H58N+. The van der Waals surface area contributed by atoms with Crippen molar-refractivity contribution in [2.75, 3.05) is 14.1 Å². The van der Waals surface area contributed by atoms with Gasteiger partial charge in [-0.05, 0) is 85.0 Å². The fourth-order valence-corrected chi connectivity index (χ4v) is 11.2. The molecule has 0 unspecified atom stereocenters. The fourth-order valence-electron chi connectivity index (χ4n) is 11.2. The van der Waals surface area contributed by atoms with Gasteiger partial charge in [-0.15, -0.1) is 0 Å². The van der Waals surface area contributed by atoms with Crippen LogP contribution in [0.2, 0.25) is 0 Å². The summed E-state index contributed by atoms with van der Waals surface area (Å²) in [6, 6.07) is 13.0. The third kappa shape index (κ3) is 4.52. The molecule has 1 aliphatic heterocycles. The first kappa shape index (κ1) is 26.8. The highest BCUT2D eigenvalue weighted by Crippen LogP contribution is 2.68. The van der Waals surface area contributed by atoms with Crippen molar-refractivity contribution in [1.29, 1.82) is 0 Å². The van der Waals surface area contributed by atoms with E-state index in [-0.39, 0.29) is 0 Å². The van der Waals surface area contributed by atoms with Gasteiger partial charge in [-0.1, -0.05) is 84.2 Å². The minimum atomic E-state index is 0.544. The molecule has 1 aromatic carbocycles. The SMILES string of the molecule is CC(C)CCC[C@@H](C)[C@H]1CC[C@H]2[C@@H]3CC[C@@H]4[C@](C)(CC[C@H](Cc5ccccc5)[N+]4(C)C)[C@H]3CC[C@]12C. The van der Waals surface area contributed by atoms with Crippen molar-refractivity contribution < 1.29 is 4.48 Å². The van der Waals surface area contributed by atoms with Gasteiger partial charge in [0.05, 0.1) is 26.2 Å². The van der Waals surface area contributed by atoms with Gasteiger partial charge in [0, 0.05) is 24.7 Å². The molecule has 9 atom stereocenters. The summed E-state index contributed by atoms with van der Waals surface area (Å²) in [6.45, 7) is 12.9. The van der Waals surface area contributed by atoms with Crippen LogP contribution in [0.1, 0.15) is 111 Å². The Bertz CT molecular complexity index is 872. The number of piperidine rings is 1. The van der Waals surface area contributed by atoms with Crippen LogP contribution in [0.4, 0.5) is 0 Å². The Hall–Kier alpha value is -0.820. The predicted octanol–water partition coefficient (Wildman–Crippen LogP) is 9.16. The third-order valence-electron chi connectivity index (χ3n) is 13.1. The van der Waals surface area contributed by atoms with Crippen LogP contribution in [0.3, 0.4) is 0 Å². The molecule has 3 saturated carbocycles. The van der Waals surface area contributed by atoms with E-state index in [0.29, 0.717) is 10.8 Å². The standard InChI is InChI=1S/C35H58N/c1-25(2)12-11-13-26(3)30-17-18-31-29-16-19-33-35(5,32(29)21-23-34(30,31)4)22-20-28(36(33,6)7)24-27-14-9-8-10-15-27/h8-10,14-15,25-26,28-33H,11-13,16-24H2,1-7H3/q+1/t26-,28-,29+,30-,31+,32+,33-,34-,35-/m1/s1. The van der Waals surface area contributed by atoms with Crippen molar-refractivity contribution in [3.63, 3.8) is 0 Å². The van der Waals surface area contributed by atoms with Gasteiger partial charge in [0.15, 0.2) is 0 Å². The molecule has 0 radical (unpaired) electrons. The lowest BCUT2D eigenvalue weighted by Gasteiger charge is -2.65. The van der Waals surface area contributed by atoms with E-state index >= 15 is 0 Å². The van der Waals surface area contributed by atoms with Crippen LogP contribution < -0.4 is 0 Å². The summed E-state index contributed by atoms with van der Waals surface area (Å²) in [5, 5.41) is 0. The number of likely N-dealkylation sites (tertiary alicyclic amines) is 1. The van der Waals surface area contributed by atoms with Crippen molar-refractivity contribution >= 4 is 0 Å². The Kier molecular flexibility index (Phi) is 7.48. The van der Waals surface area contributed by atoms with Crippen molar-refractivity contribution in [2.24, 2.45) is 46.3 Å². The molecular weight excluding hydrogens is 434 g/mol. The zero-order valence-electron chi connectivity index (χ0n) is 24.9. The number of hydrogen-bond acceptors (Lipinski definition) is 0. The summed E-state index contributed by atoms with van der Waals surface area (Å²) in [6.07, 6.45) is 17.5. The van der Waals surface area contributed by atoms with Crippen LogP contribution in [0.5, 0.6) is 0 Å². The molecule has 0 aromatic heterocycles. The molecule has 4 aliphatic rings. The number of quaternary nitrogens is 1. The summed E-state index contributed by atoms with van der Waals surface area (Å²) in [4.78, 5) is 0. The molecule has 0 bridgehead atoms. The van der Waals surface area contributed by atoms with E-state index in [1.54, 1.807) is 5.56 Å². The van der Waals surface area contributed by atoms with Gasteiger partial charge in [0.1, 0.15) is 0 Å². The molecule has 5 rings (SSSR count). The molecule has 4 fully saturated rings. The molecule has 1 aromatic rings. The molecule has 1 heteroatoms. The Labute approximate surface area is 224 Å². The normalized spacial score (nSPS) is 42.4. The maximum absolute atomic E-state index is 2.76. The third-order valence-corrected chi connectivity index (χ3v) is 13.1. The summed E-state index contributed by atoms with van der Waals surface area (Å²) >= 11 is 0. The number of fused-ring (bicyclic) bond motifs is 5. The molecule has 1 heterocycles. The second kappa shape index (κ2) is 10.1. The smallest absolute Gasteiger partial charge is 0.0945 e. The van der Waals surface area contributed by atoms with Gasteiger partial charge in [0.25, 0.3) is 0 Å². The quantitative estimate of drug-likeness (QED) is 0.333. The van der Waals surface area contributed by atoms with Crippen molar-refractivity contribution in [3.8, 4) is 0 Å². The van der Waals surface area contributed by atoms with Gasteiger partial charge in [-0.25, -0.2) is 0 Å². The largest absolute Gasteiger partial charge is 0.323 e. The summed E-state index contributed by atoms with van der Waals surface area (Å²) < 4.78 is 1.26. The van der Waals surface area contributed by atoms with Gasteiger partial charge in [-0.3, -0.25) is 0 Å². The lowest BCUT2D eigenvalue weighted by atomic mass is 9.46. The average molecular weight is 493 g/mol. The Morgan fingerprint density at radius 2 is 1.50 bits per heavy atom. The van der Waals surface area contributed by atoms with Gasteiger partial charge in [0.2, 0.25) is 0 Å². The maximum Gasteiger partial charge on any atom is 0.0945 e. The summed E-state index contributed by atoms with van der Waals surface area (Å²) in [5.41, 5.74) is 2.71. The second-order valence-electron chi connectivity index (χ2n) is 15.5. The number of hydrogen-bond donors (Lipinski definition) is 0. The Morgan fingerprint density at radius 1 is 0.806 bits per heavy atom. The highest BCUT2D eigenvalue weighted by molar-refractivity contribution is 5.16. The van der Waals surface area contributed by atoms with Gasteiger partial charge >= 0.3 is 0 Å². The Morgan fingerprint density at radius 3 is 2.22 bits per heavy atom. The average Bonchev–Trinajstić information content (AvgIpc) is 3.19. The van der Waals surface area contributed by atoms with Crippen molar-refractivity contribution in [1.82, 2.24) is 0 Å². The molecule has 36 heavy (non-hydrogen) atoms. The number of nitrogens with zero attached hydrogens (tertiary/aromatic N) is 1. The zero-order chi connectivity index (χ0) is 25.7. The topological polar surface area (TPSA) is 0 Å². The van der Waals surface area contributed by atoms with E-state index < -0.39 is 0 Å². The first-order valence-electron chi connectivity index (χ1n) is 15.9. The van der Waals surface area contributed by atoms with Crippen LogP contribution in [-0.2, 0) is 6.42 Å². The maximum atomic E-state index is 2.76. The number of likely N-dealkylation sites (N-methyl/N-ethyl adjacent to an activating group) is 1. The summed E-state index contributed by atoms with van der Waals surface area (Å²) in [7, 11) is 5.21. The molecule has 202 valence electrons. The van der Waals surface area contributed by atoms with Crippen LogP contribution in [-0.4, -0.2) is 30.7 Å². The Balaban J connectivity index is 1.30. The number of rotatable bonds is 7. The molecule has 0 N–H and O–H groups in total. The molecule has 1 nitrogen and oxygen atoms in total. The zero-order valence-corrected chi connectivity index (χ0v) is 24.9. The van der Waals surface area contributed by atoms with Gasteiger partial charge in [-0.2, -0.15) is 0 Å². The van der Waals surface area contributed by atoms with Crippen molar-refractivity contribution in [3.05, 3.63) is 35.9 Å². The van der Waals surface area contributed by atoms with Gasteiger partial charge < -0.3 is 4.48 Å². The monoisotopic (exact) mass is 492 g/mol. The van der Waals surface area contributed by atoms with E-state index in [4.69, 9.17) is 0 Å². The lowest BCUT2D eigenvalue weighted by Crippen LogP contribution is -2.69. The van der Waals surface area contributed by atoms with E-state index in [2.05, 4.69) is 79.0 Å². The molecule has 3 aliphatic carbocycles. The minimum Gasteiger partial charge on any atom is -0.323 e. The van der Waals surface area contributed by atoms with E-state index in [1.807, 2.05) is 0 Å². The predicted molar refractivity (Wildman–Crippen MR) is 155 cm³/mol.